The molecule has 0 spiro atoms. The standard InChI is InChI=1S/C12H25N5/c1-4-6-7-8-11(13-9-5-2)10-12-14-16-17(3)15-12/h11,13H,4-10H2,1-3H3. The van der Waals surface area contributed by atoms with Crippen LogP contribution in [0.3, 0.4) is 0 Å². The largest absolute Gasteiger partial charge is 0.314 e. The van der Waals surface area contributed by atoms with E-state index in [1.54, 1.807) is 0 Å². The summed E-state index contributed by atoms with van der Waals surface area (Å²) in [6.45, 7) is 5.49. The predicted octanol–water partition coefficient (Wildman–Crippen LogP) is 1.70. The van der Waals surface area contributed by atoms with Crippen molar-refractivity contribution in [1.29, 1.82) is 0 Å². The van der Waals surface area contributed by atoms with E-state index in [-0.39, 0.29) is 0 Å². The van der Waals surface area contributed by atoms with Crippen LogP contribution in [0.25, 0.3) is 0 Å². The molecular formula is C12H25N5. The molecule has 1 N–H and O–H groups in total. The van der Waals surface area contributed by atoms with Crippen molar-refractivity contribution in [2.24, 2.45) is 7.05 Å². The number of rotatable bonds is 9. The smallest absolute Gasteiger partial charge is 0.176 e. The van der Waals surface area contributed by atoms with Gasteiger partial charge in [0.15, 0.2) is 5.82 Å². The minimum atomic E-state index is 0.491. The third-order valence-electron chi connectivity index (χ3n) is 2.82. The molecule has 1 aromatic heterocycles. The van der Waals surface area contributed by atoms with Crippen LogP contribution >= 0.6 is 0 Å². The number of unbranched alkanes of at least 4 members (excludes halogenated alkanes) is 2. The lowest BCUT2D eigenvalue weighted by Gasteiger charge is -2.16. The van der Waals surface area contributed by atoms with Crippen molar-refractivity contribution in [3.63, 3.8) is 0 Å². The van der Waals surface area contributed by atoms with Crippen LogP contribution in [0, 0.1) is 0 Å². The highest BCUT2D eigenvalue weighted by molar-refractivity contribution is 4.84. The molecule has 0 aliphatic heterocycles. The Morgan fingerprint density at radius 3 is 2.65 bits per heavy atom. The molecule has 0 aliphatic carbocycles. The third-order valence-corrected chi connectivity index (χ3v) is 2.82. The molecule has 0 amide bonds. The number of tetrazole rings is 1. The van der Waals surface area contributed by atoms with E-state index < -0.39 is 0 Å². The van der Waals surface area contributed by atoms with Gasteiger partial charge in [0.05, 0.1) is 7.05 Å². The second kappa shape index (κ2) is 8.17. The third kappa shape index (κ3) is 5.77. The van der Waals surface area contributed by atoms with Gasteiger partial charge in [-0.1, -0.05) is 33.1 Å². The summed E-state index contributed by atoms with van der Waals surface area (Å²) in [6.07, 6.45) is 7.10. The quantitative estimate of drug-likeness (QED) is 0.666. The number of nitrogens with zero attached hydrogens (tertiary/aromatic N) is 4. The van der Waals surface area contributed by atoms with Gasteiger partial charge in [0.1, 0.15) is 0 Å². The molecule has 0 bridgehead atoms. The van der Waals surface area contributed by atoms with E-state index in [9.17, 15) is 0 Å². The molecule has 0 saturated carbocycles. The van der Waals surface area contributed by atoms with Crippen molar-refractivity contribution in [1.82, 2.24) is 25.5 Å². The maximum Gasteiger partial charge on any atom is 0.176 e. The van der Waals surface area contributed by atoms with Gasteiger partial charge in [-0.3, -0.25) is 0 Å². The van der Waals surface area contributed by atoms with Crippen LogP contribution in [-0.4, -0.2) is 32.8 Å². The second-order valence-electron chi connectivity index (χ2n) is 4.55. The average Bonchev–Trinajstić information content (AvgIpc) is 2.72. The zero-order valence-electron chi connectivity index (χ0n) is 11.3. The van der Waals surface area contributed by atoms with Crippen LogP contribution in [0.4, 0.5) is 0 Å². The number of aryl methyl sites for hydroxylation is 1. The van der Waals surface area contributed by atoms with Gasteiger partial charge in [-0.05, 0) is 24.6 Å². The highest BCUT2D eigenvalue weighted by Crippen LogP contribution is 2.07. The fourth-order valence-corrected chi connectivity index (χ4v) is 1.89. The summed E-state index contributed by atoms with van der Waals surface area (Å²) in [4.78, 5) is 1.53. The summed E-state index contributed by atoms with van der Waals surface area (Å²) >= 11 is 0. The van der Waals surface area contributed by atoms with Gasteiger partial charge in [-0.15, -0.1) is 10.2 Å². The van der Waals surface area contributed by atoms with Gasteiger partial charge in [-0.2, -0.15) is 4.80 Å². The zero-order valence-corrected chi connectivity index (χ0v) is 11.3. The fraction of sp³-hybridized carbons (Fsp3) is 0.917. The van der Waals surface area contributed by atoms with Gasteiger partial charge in [-0.25, -0.2) is 0 Å². The van der Waals surface area contributed by atoms with E-state index in [0.717, 1.165) is 25.2 Å². The van der Waals surface area contributed by atoms with E-state index in [4.69, 9.17) is 0 Å². The Balaban J connectivity index is 2.38. The average molecular weight is 239 g/mol. The molecule has 0 saturated heterocycles. The Morgan fingerprint density at radius 1 is 1.24 bits per heavy atom. The maximum absolute atomic E-state index is 4.24. The van der Waals surface area contributed by atoms with E-state index >= 15 is 0 Å². The molecule has 0 fully saturated rings. The molecule has 17 heavy (non-hydrogen) atoms. The Labute approximate surface area is 104 Å². The Kier molecular flexibility index (Phi) is 6.77. The van der Waals surface area contributed by atoms with Crippen molar-refractivity contribution in [3.8, 4) is 0 Å². The Bertz CT molecular complexity index is 297. The van der Waals surface area contributed by atoms with Crippen molar-refractivity contribution < 1.29 is 0 Å². The topological polar surface area (TPSA) is 55.6 Å². The molecule has 1 atom stereocenters. The molecule has 1 unspecified atom stereocenters. The normalized spacial score (nSPS) is 12.9. The van der Waals surface area contributed by atoms with Crippen molar-refractivity contribution >= 4 is 0 Å². The SMILES string of the molecule is CCCCCC(Cc1nnn(C)n1)NCCC. The molecule has 5 nitrogen and oxygen atoms in total. The van der Waals surface area contributed by atoms with Crippen LogP contribution < -0.4 is 5.32 Å². The van der Waals surface area contributed by atoms with Gasteiger partial charge < -0.3 is 5.32 Å². The Hall–Kier alpha value is -0.970. The summed E-state index contributed by atoms with van der Waals surface area (Å²) in [5.74, 6) is 0.845. The summed E-state index contributed by atoms with van der Waals surface area (Å²) in [5, 5.41) is 15.7. The lowest BCUT2D eigenvalue weighted by Crippen LogP contribution is -2.32. The van der Waals surface area contributed by atoms with Crippen LogP contribution in [0.2, 0.25) is 0 Å². The second-order valence-corrected chi connectivity index (χ2v) is 4.55. The number of hydrogen-bond acceptors (Lipinski definition) is 4. The number of hydrogen-bond donors (Lipinski definition) is 1. The van der Waals surface area contributed by atoms with Crippen LogP contribution in [0.5, 0.6) is 0 Å². The minimum Gasteiger partial charge on any atom is -0.314 e. The van der Waals surface area contributed by atoms with E-state index in [2.05, 4.69) is 34.6 Å². The molecule has 1 aromatic rings. The van der Waals surface area contributed by atoms with Crippen molar-refractivity contribution in [2.75, 3.05) is 6.54 Å². The molecule has 5 heteroatoms. The van der Waals surface area contributed by atoms with Gasteiger partial charge in [0.25, 0.3) is 0 Å². The molecule has 98 valence electrons. The monoisotopic (exact) mass is 239 g/mol. The predicted molar refractivity (Wildman–Crippen MR) is 68.7 cm³/mol. The molecule has 1 rings (SSSR count). The number of aromatic nitrogens is 4. The first kappa shape index (κ1) is 14.1. The first-order valence-electron chi connectivity index (χ1n) is 6.72. The first-order valence-corrected chi connectivity index (χ1v) is 6.72. The summed E-state index contributed by atoms with van der Waals surface area (Å²) < 4.78 is 0. The van der Waals surface area contributed by atoms with Crippen molar-refractivity contribution in [2.45, 2.75) is 58.4 Å². The fourth-order valence-electron chi connectivity index (χ4n) is 1.89. The molecule has 1 heterocycles. The maximum atomic E-state index is 4.24. The summed E-state index contributed by atoms with van der Waals surface area (Å²) in [6, 6.07) is 0.491. The zero-order chi connectivity index (χ0) is 12.5. The lowest BCUT2D eigenvalue weighted by atomic mass is 10.1. The molecule has 0 aromatic carbocycles. The molecule has 0 aliphatic rings. The summed E-state index contributed by atoms with van der Waals surface area (Å²) in [7, 11) is 1.81. The van der Waals surface area contributed by atoms with E-state index in [0.29, 0.717) is 6.04 Å². The van der Waals surface area contributed by atoms with Crippen molar-refractivity contribution in [3.05, 3.63) is 5.82 Å². The van der Waals surface area contributed by atoms with Gasteiger partial charge in [0.2, 0.25) is 0 Å². The van der Waals surface area contributed by atoms with Gasteiger partial charge >= 0.3 is 0 Å². The van der Waals surface area contributed by atoms with E-state index in [1.165, 1.54) is 30.5 Å². The Morgan fingerprint density at radius 2 is 2.06 bits per heavy atom. The first-order chi connectivity index (χ1) is 8.26. The number of nitrogens with one attached hydrogen (secondary N) is 1. The highest BCUT2D eigenvalue weighted by Gasteiger charge is 2.11. The minimum absolute atomic E-state index is 0.491. The highest BCUT2D eigenvalue weighted by atomic mass is 15.6. The van der Waals surface area contributed by atoms with E-state index in [1.807, 2.05) is 7.05 Å². The summed E-state index contributed by atoms with van der Waals surface area (Å²) in [5.41, 5.74) is 0. The van der Waals surface area contributed by atoms with Crippen LogP contribution in [0.15, 0.2) is 0 Å². The molecular weight excluding hydrogens is 214 g/mol. The molecule has 0 radical (unpaired) electrons. The lowest BCUT2D eigenvalue weighted by molar-refractivity contribution is 0.448. The van der Waals surface area contributed by atoms with Gasteiger partial charge in [0, 0.05) is 12.5 Å². The van der Waals surface area contributed by atoms with Crippen LogP contribution in [-0.2, 0) is 13.5 Å². The van der Waals surface area contributed by atoms with Crippen LogP contribution in [0.1, 0.15) is 51.8 Å².